The van der Waals surface area contributed by atoms with E-state index in [2.05, 4.69) is 5.32 Å². The molecule has 1 unspecified atom stereocenters. The second-order valence-corrected chi connectivity index (χ2v) is 7.13. The smallest absolute Gasteiger partial charge is 0.0992 e. The quantitative estimate of drug-likeness (QED) is 0.724. The van der Waals surface area contributed by atoms with Crippen molar-refractivity contribution in [3.63, 3.8) is 0 Å². The lowest BCUT2D eigenvalue weighted by Crippen LogP contribution is -2.19. The summed E-state index contributed by atoms with van der Waals surface area (Å²) in [5.74, 6) is 0. The highest BCUT2D eigenvalue weighted by molar-refractivity contribution is 7.20. The van der Waals surface area contributed by atoms with E-state index in [0.29, 0.717) is 25.1 Å². The number of thiophene rings is 1. The third-order valence-electron chi connectivity index (χ3n) is 2.88. The second kappa shape index (κ2) is 6.66. The summed E-state index contributed by atoms with van der Waals surface area (Å²) in [6.45, 7) is 0. The maximum absolute atomic E-state index is 6.19. The van der Waals surface area contributed by atoms with Gasteiger partial charge in [-0.25, -0.2) is 0 Å². The highest BCUT2D eigenvalue weighted by atomic mass is 35.5. The number of hydrogen-bond acceptors (Lipinski definition) is 2. The van der Waals surface area contributed by atoms with Crippen LogP contribution in [0.5, 0.6) is 0 Å². The van der Waals surface area contributed by atoms with Gasteiger partial charge in [-0.3, -0.25) is 0 Å². The van der Waals surface area contributed by atoms with Crippen LogP contribution < -0.4 is 5.32 Å². The van der Waals surface area contributed by atoms with Crippen molar-refractivity contribution in [3.05, 3.63) is 54.1 Å². The Hall–Kier alpha value is 0.0400. The Balaban J connectivity index is 2.32. The van der Waals surface area contributed by atoms with E-state index in [9.17, 15) is 0 Å². The van der Waals surface area contributed by atoms with Gasteiger partial charge < -0.3 is 5.32 Å². The van der Waals surface area contributed by atoms with Crippen LogP contribution in [0.2, 0.25) is 18.7 Å². The van der Waals surface area contributed by atoms with Crippen LogP contribution in [0.4, 0.5) is 0 Å². The minimum atomic E-state index is 0.0219. The Morgan fingerprint density at radius 2 is 1.79 bits per heavy atom. The number of hydrogen-bond donors (Lipinski definition) is 1. The first kappa shape index (κ1) is 15.4. The average molecular weight is 355 g/mol. The Morgan fingerprint density at radius 3 is 2.26 bits per heavy atom. The summed E-state index contributed by atoms with van der Waals surface area (Å²) >= 11 is 25.9. The molecule has 2 aromatic rings. The van der Waals surface area contributed by atoms with Crippen molar-refractivity contribution in [3.8, 4) is 0 Å². The van der Waals surface area contributed by atoms with E-state index in [0.717, 1.165) is 11.1 Å². The first-order chi connectivity index (χ1) is 9.02. The maximum atomic E-state index is 6.19. The van der Waals surface area contributed by atoms with Gasteiger partial charge in [0.05, 0.1) is 8.67 Å². The molecule has 0 radical (unpaired) electrons. The number of likely N-dealkylation sites (N-methyl/N-ethyl adjacent to an activating group) is 1. The first-order valence-electron chi connectivity index (χ1n) is 5.57. The fraction of sp³-hybridized carbons (Fsp3) is 0.231. The van der Waals surface area contributed by atoms with Gasteiger partial charge in [0.1, 0.15) is 0 Å². The standard InChI is InChI=1S/C13H11Cl4NS/c1-18-11(8-6-12(16)19-13(8)17)5-7-9(14)3-2-4-10(7)15/h2-4,6,11,18H,5H2,1H3. The zero-order chi connectivity index (χ0) is 14.0. The topological polar surface area (TPSA) is 12.0 Å². The van der Waals surface area contributed by atoms with Crippen molar-refractivity contribution in [2.75, 3.05) is 7.05 Å². The minimum absolute atomic E-state index is 0.0219. The molecule has 0 saturated heterocycles. The maximum Gasteiger partial charge on any atom is 0.0992 e. The largest absolute Gasteiger partial charge is 0.313 e. The molecular formula is C13H11Cl4NS. The van der Waals surface area contributed by atoms with Crippen LogP contribution >= 0.6 is 57.7 Å². The second-order valence-electron chi connectivity index (χ2n) is 4.03. The molecule has 6 heteroatoms. The van der Waals surface area contributed by atoms with E-state index in [1.54, 1.807) is 0 Å². The van der Waals surface area contributed by atoms with Gasteiger partial charge in [-0.1, -0.05) is 52.5 Å². The molecule has 0 fully saturated rings. The van der Waals surface area contributed by atoms with Crippen molar-refractivity contribution >= 4 is 57.7 Å². The van der Waals surface area contributed by atoms with E-state index in [4.69, 9.17) is 46.4 Å². The summed E-state index contributed by atoms with van der Waals surface area (Å²) in [7, 11) is 1.87. The van der Waals surface area contributed by atoms with Crippen LogP contribution in [0, 0.1) is 0 Å². The van der Waals surface area contributed by atoms with Crippen molar-refractivity contribution in [2.24, 2.45) is 0 Å². The van der Waals surface area contributed by atoms with Crippen molar-refractivity contribution < 1.29 is 0 Å². The monoisotopic (exact) mass is 353 g/mol. The van der Waals surface area contributed by atoms with Crippen LogP contribution in [0.25, 0.3) is 0 Å². The molecule has 1 aromatic heterocycles. The van der Waals surface area contributed by atoms with E-state index < -0.39 is 0 Å². The molecule has 1 N–H and O–H groups in total. The molecule has 0 aliphatic heterocycles. The molecule has 0 aliphatic rings. The highest BCUT2D eigenvalue weighted by Gasteiger charge is 2.19. The molecule has 0 amide bonds. The van der Waals surface area contributed by atoms with E-state index in [1.807, 2.05) is 31.3 Å². The lowest BCUT2D eigenvalue weighted by molar-refractivity contribution is 0.594. The van der Waals surface area contributed by atoms with Gasteiger partial charge in [0.2, 0.25) is 0 Å². The lowest BCUT2D eigenvalue weighted by atomic mass is 10.0. The summed E-state index contributed by atoms with van der Waals surface area (Å²) in [5.41, 5.74) is 1.87. The predicted octanol–water partition coefficient (Wildman–Crippen LogP) is 5.86. The number of halogens is 4. The Kier molecular flexibility index (Phi) is 5.41. The molecule has 19 heavy (non-hydrogen) atoms. The molecule has 102 valence electrons. The van der Waals surface area contributed by atoms with Crippen LogP contribution in [0.3, 0.4) is 0 Å². The van der Waals surface area contributed by atoms with Gasteiger partial charge >= 0.3 is 0 Å². The van der Waals surface area contributed by atoms with Crippen molar-refractivity contribution in [1.29, 1.82) is 0 Å². The molecular weight excluding hydrogens is 344 g/mol. The van der Waals surface area contributed by atoms with Gasteiger partial charge in [-0.2, -0.15) is 0 Å². The first-order valence-corrected chi connectivity index (χ1v) is 7.90. The number of benzene rings is 1. The zero-order valence-corrected chi connectivity index (χ0v) is 13.9. The number of rotatable bonds is 4. The molecule has 0 spiro atoms. The van der Waals surface area contributed by atoms with Crippen LogP contribution in [-0.4, -0.2) is 7.05 Å². The molecule has 1 nitrogen and oxygen atoms in total. The summed E-state index contributed by atoms with van der Waals surface area (Å²) in [6.07, 6.45) is 0.655. The van der Waals surface area contributed by atoms with Gasteiger partial charge in [-0.15, -0.1) is 11.3 Å². The van der Waals surface area contributed by atoms with Gasteiger partial charge in [0.15, 0.2) is 0 Å². The normalized spacial score (nSPS) is 12.7. The van der Waals surface area contributed by atoms with Crippen molar-refractivity contribution in [2.45, 2.75) is 12.5 Å². The van der Waals surface area contributed by atoms with Gasteiger partial charge in [0, 0.05) is 21.7 Å². The SMILES string of the molecule is CNC(Cc1c(Cl)cccc1Cl)c1cc(Cl)sc1Cl. The third-order valence-corrected chi connectivity index (χ3v) is 5.10. The van der Waals surface area contributed by atoms with E-state index in [1.165, 1.54) is 11.3 Å². The Morgan fingerprint density at radius 1 is 1.16 bits per heavy atom. The summed E-state index contributed by atoms with van der Waals surface area (Å²) in [5, 5.41) is 4.54. The van der Waals surface area contributed by atoms with E-state index >= 15 is 0 Å². The third kappa shape index (κ3) is 3.57. The minimum Gasteiger partial charge on any atom is -0.313 e. The van der Waals surface area contributed by atoms with Gasteiger partial charge in [0.25, 0.3) is 0 Å². The Bertz CT molecular complexity index is 562. The fourth-order valence-electron chi connectivity index (χ4n) is 1.89. The zero-order valence-electron chi connectivity index (χ0n) is 10.0. The molecule has 0 bridgehead atoms. The highest BCUT2D eigenvalue weighted by Crippen LogP contribution is 2.37. The summed E-state index contributed by atoms with van der Waals surface area (Å²) < 4.78 is 1.36. The van der Waals surface area contributed by atoms with Crippen molar-refractivity contribution in [1.82, 2.24) is 5.32 Å². The number of nitrogens with one attached hydrogen (secondary N) is 1. The van der Waals surface area contributed by atoms with E-state index in [-0.39, 0.29) is 6.04 Å². The molecule has 1 aromatic carbocycles. The fourth-order valence-corrected chi connectivity index (χ4v) is 4.02. The van der Waals surface area contributed by atoms with Crippen LogP contribution in [0.15, 0.2) is 24.3 Å². The Labute approximate surface area is 136 Å². The summed E-state index contributed by atoms with van der Waals surface area (Å²) in [6, 6.07) is 7.39. The molecule has 0 saturated carbocycles. The average Bonchev–Trinajstić information content (AvgIpc) is 2.68. The van der Waals surface area contributed by atoms with Crippen LogP contribution in [0.1, 0.15) is 17.2 Å². The van der Waals surface area contributed by atoms with Gasteiger partial charge in [-0.05, 0) is 37.2 Å². The summed E-state index contributed by atoms with van der Waals surface area (Å²) in [4.78, 5) is 0. The molecule has 1 atom stereocenters. The molecule has 2 rings (SSSR count). The molecule has 0 aliphatic carbocycles. The lowest BCUT2D eigenvalue weighted by Gasteiger charge is -2.17. The van der Waals surface area contributed by atoms with Crippen LogP contribution in [-0.2, 0) is 6.42 Å². The molecule has 1 heterocycles. The predicted molar refractivity (Wildman–Crippen MR) is 86.3 cm³/mol.